The Kier molecular flexibility index (Phi) is 4.21. The average Bonchev–Trinajstić information content (AvgIpc) is 3.06. The van der Waals surface area contributed by atoms with Gasteiger partial charge in [-0.25, -0.2) is 4.79 Å². The Labute approximate surface area is 115 Å². The zero-order valence-corrected chi connectivity index (χ0v) is 11.7. The molecule has 1 fully saturated rings. The van der Waals surface area contributed by atoms with E-state index >= 15 is 0 Å². The van der Waals surface area contributed by atoms with Crippen molar-refractivity contribution in [3.63, 3.8) is 0 Å². The van der Waals surface area contributed by atoms with Crippen molar-refractivity contribution in [1.82, 2.24) is 4.90 Å². The summed E-state index contributed by atoms with van der Waals surface area (Å²) >= 11 is 1.60. The second-order valence-corrected chi connectivity index (χ2v) is 5.65. The number of aliphatic carboxylic acids is 1. The Hall–Kier alpha value is -1.40. The van der Waals surface area contributed by atoms with Crippen molar-refractivity contribution >= 4 is 23.2 Å². The first-order valence-corrected chi connectivity index (χ1v) is 7.07. The van der Waals surface area contributed by atoms with E-state index in [2.05, 4.69) is 0 Å². The smallest absolute Gasteiger partial charge is 0.332 e. The highest BCUT2D eigenvalue weighted by molar-refractivity contribution is 7.10. The SMILES string of the molecule is CC(c1cccs1)N(C)C(=O)[C@@H]1CC[C@H](C(=O)O)O1. The Morgan fingerprint density at radius 2 is 2.16 bits per heavy atom. The van der Waals surface area contributed by atoms with Gasteiger partial charge in [0.1, 0.15) is 6.10 Å². The van der Waals surface area contributed by atoms with Crippen molar-refractivity contribution in [3.8, 4) is 0 Å². The number of amides is 1. The maximum absolute atomic E-state index is 12.3. The molecule has 0 aliphatic carbocycles. The zero-order valence-electron chi connectivity index (χ0n) is 10.9. The van der Waals surface area contributed by atoms with Crippen LogP contribution in [-0.2, 0) is 14.3 Å². The van der Waals surface area contributed by atoms with Gasteiger partial charge in [0.25, 0.3) is 5.91 Å². The largest absolute Gasteiger partial charge is 0.479 e. The zero-order chi connectivity index (χ0) is 14.0. The fourth-order valence-electron chi connectivity index (χ4n) is 2.14. The molecule has 1 N–H and O–H groups in total. The number of carbonyl (C=O) groups is 2. The number of carbonyl (C=O) groups excluding carboxylic acids is 1. The molecule has 0 bridgehead atoms. The van der Waals surface area contributed by atoms with Crippen molar-refractivity contribution in [3.05, 3.63) is 22.4 Å². The van der Waals surface area contributed by atoms with E-state index < -0.39 is 18.2 Å². The molecular formula is C13H17NO4S. The fraction of sp³-hybridized carbons (Fsp3) is 0.538. The quantitative estimate of drug-likeness (QED) is 0.916. The van der Waals surface area contributed by atoms with Crippen molar-refractivity contribution in [2.45, 2.75) is 38.0 Å². The molecule has 2 rings (SSSR count). The summed E-state index contributed by atoms with van der Waals surface area (Å²) in [4.78, 5) is 25.8. The van der Waals surface area contributed by atoms with Gasteiger partial charge in [0, 0.05) is 11.9 Å². The summed E-state index contributed by atoms with van der Waals surface area (Å²) in [7, 11) is 1.73. The Balaban J connectivity index is 1.98. The average molecular weight is 283 g/mol. The molecule has 0 spiro atoms. The maximum Gasteiger partial charge on any atom is 0.332 e. The Morgan fingerprint density at radius 1 is 1.47 bits per heavy atom. The van der Waals surface area contributed by atoms with Crippen LogP contribution in [0.25, 0.3) is 0 Å². The van der Waals surface area contributed by atoms with Crippen LogP contribution in [0.4, 0.5) is 0 Å². The standard InChI is InChI=1S/C13H17NO4S/c1-8(11-4-3-7-19-11)14(2)12(15)9-5-6-10(18-9)13(16)17/h3-4,7-10H,5-6H2,1-2H3,(H,16,17)/t8?,9-,10+/m0/s1. The van der Waals surface area contributed by atoms with Gasteiger partial charge >= 0.3 is 5.97 Å². The number of rotatable bonds is 4. The van der Waals surface area contributed by atoms with Gasteiger partial charge in [-0.05, 0) is 31.2 Å². The second kappa shape index (κ2) is 5.71. The van der Waals surface area contributed by atoms with Crippen molar-refractivity contribution < 1.29 is 19.4 Å². The number of ether oxygens (including phenoxy) is 1. The van der Waals surface area contributed by atoms with Gasteiger partial charge in [0.2, 0.25) is 0 Å². The summed E-state index contributed by atoms with van der Waals surface area (Å²) in [6.07, 6.45) is -0.613. The minimum absolute atomic E-state index is 0.0278. The van der Waals surface area contributed by atoms with Crippen LogP contribution < -0.4 is 0 Å². The fourth-order valence-corrected chi connectivity index (χ4v) is 2.96. The summed E-state index contributed by atoms with van der Waals surface area (Å²) in [6, 6.07) is 3.90. The van der Waals surface area contributed by atoms with Crippen molar-refractivity contribution in [2.75, 3.05) is 7.05 Å². The highest BCUT2D eigenvalue weighted by Crippen LogP contribution is 2.27. The molecule has 0 aromatic carbocycles. The molecule has 1 saturated heterocycles. The van der Waals surface area contributed by atoms with Crippen molar-refractivity contribution in [2.24, 2.45) is 0 Å². The van der Waals surface area contributed by atoms with Crippen LogP contribution in [0.1, 0.15) is 30.7 Å². The minimum Gasteiger partial charge on any atom is -0.479 e. The van der Waals surface area contributed by atoms with E-state index in [1.165, 1.54) is 0 Å². The summed E-state index contributed by atoms with van der Waals surface area (Å²) < 4.78 is 5.29. The normalized spacial score (nSPS) is 24.1. The molecule has 6 heteroatoms. The molecular weight excluding hydrogens is 266 g/mol. The number of thiophene rings is 1. The minimum atomic E-state index is -0.996. The van der Waals surface area contributed by atoms with Gasteiger partial charge in [-0.15, -0.1) is 11.3 Å². The highest BCUT2D eigenvalue weighted by atomic mass is 32.1. The summed E-state index contributed by atoms with van der Waals surface area (Å²) in [5, 5.41) is 10.8. The van der Waals surface area contributed by atoms with Gasteiger partial charge in [-0.3, -0.25) is 4.79 Å². The van der Waals surface area contributed by atoms with E-state index in [9.17, 15) is 9.59 Å². The summed E-state index contributed by atoms with van der Waals surface area (Å²) in [6.45, 7) is 1.95. The summed E-state index contributed by atoms with van der Waals surface area (Å²) in [5.41, 5.74) is 0. The van der Waals surface area contributed by atoms with E-state index in [1.54, 1.807) is 23.3 Å². The van der Waals surface area contributed by atoms with Gasteiger partial charge < -0.3 is 14.7 Å². The van der Waals surface area contributed by atoms with E-state index in [0.717, 1.165) is 4.88 Å². The maximum atomic E-state index is 12.3. The third-order valence-electron chi connectivity index (χ3n) is 3.45. The number of hydrogen-bond acceptors (Lipinski definition) is 4. The third-order valence-corrected chi connectivity index (χ3v) is 4.50. The topological polar surface area (TPSA) is 66.8 Å². The van der Waals surface area contributed by atoms with E-state index in [-0.39, 0.29) is 11.9 Å². The van der Waals surface area contributed by atoms with Gasteiger partial charge in [-0.2, -0.15) is 0 Å². The van der Waals surface area contributed by atoms with Gasteiger partial charge in [-0.1, -0.05) is 6.07 Å². The van der Waals surface area contributed by atoms with E-state index in [0.29, 0.717) is 12.8 Å². The molecule has 1 aliphatic heterocycles. The van der Waals surface area contributed by atoms with E-state index in [1.807, 2.05) is 24.4 Å². The number of hydrogen-bond donors (Lipinski definition) is 1. The predicted octanol–water partition coefficient (Wildman–Crippen LogP) is 1.90. The molecule has 19 heavy (non-hydrogen) atoms. The Bertz CT molecular complexity index is 459. The summed E-state index contributed by atoms with van der Waals surface area (Å²) in [5.74, 6) is -1.14. The first kappa shape index (κ1) is 14.0. The number of carboxylic acids is 1. The van der Waals surface area contributed by atoms with Crippen LogP contribution in [-0.4, -0.2) is 41.1 Å². The molecule has 3 atom stereocenters. The van der Waals surface area contributed by atoms with Crippen LogP contribution in [0.2, 0.25) is 0 Å². The number of carboxylic acid groups (broad SMARTS) is 1. The molecule has 1 unspecified atom stereocenters. The van der Waals surface area contributed by atoms with Gasteiger partial charge in [0.15, 0.2) is 6.10 Å². The lowest BCUT2D eigenvalue weighted by Gasteiger charge is -2.26. The van der Waals surface area contributed by atoms with Crippen LogP contribution >= 0.6 is 11.3 Å². The van der Waals surface area contributed by atoms with Crippen LogP contribution in [0.5, 0.6) is 0 Å². The lowest BCUT2D eigenvalue weighted by molar-refractivity contribution is -0.155. The molecule has 0 saturated carbocycles. The Morgan fingerprint density at radius 3 is 2.68 bits per heavy atom. The second-order valence-electron chi connectivity index (χ2n) is 4.67. The lowest BCUT2D eigenvalue weighted by atomic mass is 10.1. The molecule has 104 valence electrons. The first-order valence-electron chi connectivity index (χ1n) is 6.19. The van der Waals surface area contributed by atoms with Gasteiger partial charge in [0.05, 0.1) is 6.04 Å². The number of nitrogens with zero attached hydrogens (tertiary/aromatic N) is 1. The molecule has 5 nitrogen and oxygen atoms in total. The van der Waals surface area contributed by atoms with Crippen molar-refractivity contribution in [1.29, 1.82) is 0 Å². The highest BCUT2D eigenvalue weighted by Gasteiger charge is 2.37. The monoisotopic (exact) mass is 283 g/mol. The number of likely N-dealkylation sites (N-methyl/N-ethyl adjacent to an activating group) is 1. The predicted molar refractivity (Wildman–Crippen MR) is 71.0 cm³/mol. The van der Waals surface area contributed by atoms with E-state index in [4.69, 9.17) is 9.84 Å². The van der Waals surface area contributed by atoms with Crippen LogP contribution in [0.15, 0.2) is 17.5 Å². The third kappa shape index (κ3) is 2.96. The molecule has 1 aromatic heterocycles. The lowest BCUT2D eigenvalue weighted by Crippen LogP contribution is -2.38. The molecule has 1 aromatic rings. The van der Waals surface area contributed by atoms with Crippen LogP contribution in [0.3, 0.4) is 0 Å². The molecule has 1 amide bonds. The molecule has 1 aliphatic rings. The molecule has 2 heterocycles. The first-order chi connectivity index (χ1) is 9.00. The molecule has 0 radical (unpaired) electrons. The van der Waals surface area contributed by atoms with Crippen LogP contribution in [0, 0.1) is 0 Å².